The molecule has 2 amide bonds. The molecule has 3 rings (SSSR count). The molecule has 0 saturated carbocycles. The summed E-state index contributed by atoms with van der Waals surface area (Å²) in [6.45, 7) is 7.48. The van der Waals surface area contributed by atoms with Gasteiger partial charge in [0, 0.05) is 43.7 Å². The van der Waals surface area contributed by atoms with Gasteiger partial charge in [-0.15, -0.1) is 0 Å². The van der Waals surface area contributed by atoms with Gasteiger partial charge in [0.15, 0.2) is 0 Å². The molecule has 0 bridgehead atoms. The van der Waals surface area contributed by atoms with Gasteiger partial charge in [0.2, 0.25) is 11.8 Å². The summed E-state index contributed by atoms with van der Waals surface area (Å²) in [4.78, 5) is 32.1. The number of aromatic nitrogens is 1. The van der Waals surface area contributed by atoms with Crippen molar-refractivity contribution in [3.63, 3.8) is 0 Å². The lowest BCUT2D eigenvalue weighted by Gasteiger charge is -2.28. The average Bonchev–Trinajstić information content (AvgIpc) is 3.14. The van der Waals surface area contributed by atoms with Crippen molar-refractivity contribution < 1.29 is 9.59 Å². The van der Waals surface area contributed by atoms with E-state index in [-0.39, 0.29) is 18.4 Å². The van der Waals surface area contributed by atoms with Gasteiger partial charge in [0.1, 0.15) is 0 Å². The zero-order valence-corrected chi connectivity index (χ0v) is 18.1. The largest absolute Gasteiger partial charge is 0.361 e. The summed E-state index contributed by atoms with van der Waals surface area (Å²) < 4.78 is 0. The van der Waals surface area contributed by atoms with E-state index >= 15 is 0 Å². The second-order valence-corrected chi connectivity index (χ2v) is 8.20. The Bertz CT molecular complexity index is 978. The summed E-state index contributed by atoms with van der Waals surface area (Å²) in [6, 6.07) is 18.2. The average molecular weight is 406 g/mol. The third kappa shape index (κ3) is 5.72. The lowest BCUT2D eigenvalue weighted by Crippen LogP contribution is -2.43. The van der Waals surface area contributed by atoms with Crippen LogP contribution in [0.1, 0.15) is 31.9 Å². The number of hydrogen-bond acceptors (Lipinski definition) is 2. The zero-order chi connectivity index (χ0) is 21.5. The Morgan fingerprint density at radius 1 is 0.967 bits per heavy atom. The van der Waals surface area contributed by atoms with Gasteiger partial charge in [-0.2, -0.15) is 0 Å². The van der Waals surface area contributed by atoms with Gasteiger partial charge in [-0.25, -0.2) is 0 Å². The van der Waals surface area contributed by atoms with Crippen molar-refractivity contribution >= 4 is 22.7 Å². The first-order valence-corrected chi connectivity index (χ1v) is 10.6. The van der Waals surface area contributed by atoms with Crippen LogP contribution in [0.25, 0.3) is 10.9 Å². The maximum atomic E-state index is 13.2. The molecule has 30 heavy (non-hydrogen) atoms. The summed E-state index contributed by atoms with van der Waals surface area (Å²) >= 11 is 0. The van der Waals surface area contributed by atoms with Crippen LogP contribution in [0.3, 0.4) is 0 Å². The fraction of sp³-hybridized carbons (Fsp3) is 0.360. The van der Waals surface area contributed by atoms with E-state index in [0.29, 0.717) is 25.6 Å². The van der Waals surface area contributed by atoms with E-state index in [2.05, 4.69) is 31.0 Å². The molecule has 5 nitrogen and oxygen atoms in total. The topological polar surface area (TPSA) is 56.4 Å². The van der Waals surface area contributed by atoms with Crippen LogP contribution in [0.5, 0.6) is 0 Å². The van der Waals surface area contributed by atoms with E-state index in [1.165, 1.54) is 17.9 Å². The molecule has 0 aliphatic carbocycles. The molecule has 0 aliphatic rings. The normalized spacial score (nSPS) is 11.1. The minimum Gasteiger partial charge on any atom is -0.361 e. The van der Waals surface area contributed by atoms with E-state index < -0.39 is 0 Å². The van der Waals surface area contributed by atoms with E-state index in [0.717, 1.165) is 17.5 Å². The smallest absolute Gasteiger partial charge is 0.242 e. The highest BCUT2D eigenvalue weighted by Gasteiger charge is 2.20. The van der Waals surface area contributed by atoms with Crippen LogP contribution in [0.4, 0.5) is 0 Å². The summed E-state index contributed by atoms with van der Waals surface area (Å²) in [6.07, 6.45) is 2.78. The molecule has 0 atom stereocenters. The molecule has 158 valence electrons. The Morgan fingerprint density at radius 3 is 2.37 bits per heavy atom. The fourth-order valence-electron chi connectivity index (χ4n) is 3.70. The Kier molecular flexibility index (Phi) is 7.28. The standard InChI is InChI=1S/C25H31N3O2/c1-19(2)16-28(20(3)29)18-25(30)27(17-21-9-5-4-6-10-21)14-13-22-15-26-24-12-8-7-11-23(22)24/h4-12,15,19,26H,13-14,16-18H2,1-3H3. The number of H-pyrrole nitrogens is 1. The molecule has 0 radical (unpaired) electrons. The quantitative estimate of drug-likeness (QED) is 0.579. The number of rotatable bonds is 9. The molecule has 2 aromatic carbocycles. The molecule has 0 unspecified atom stereocenters. The summed E-state index contributed by atoms with van der Waals surface area (Å²) in [5.74, 6) is 0.235. The van der Waals surface area contributed by atoms with E-state index in [9.17, 15) is 9.59 Å². The first-order chi connectivity index (χ1) is 14.4. The fourth-order valence-corrected chi connectivity index (χ4v) is 3.70. The monoisotopic (exact) mass is 405 g/mol. The number of hydrogen-bond donors (Lipinski definition) is 1. The molecule has 0 aliphatic heterocycles. The van der Waals surface area contributed by atoms with Crippen LogP contribution in [0, 0.1) is 5.92 Å². The summed E-state index contributed by atoms with van der Waals surface area (Å²) in [5, 5.41) is 1.19. The summed E-state index contributed by atoms with van der Waals surface area (Å²) in [7, 11) is 0. The van der Waals surface area contributed by atoms with Crippen LogP contribution in [0.15, 0.2) is 60.8 Å². The zero-order valence-electron chi connectivity index (χ0n) is 18.1. The van der Waals surface area contributed by atoms with E-state index in [4.69, 9.17) is 0 Å². The molecule has 1 heterocycles. The highest BCUT2D eigenvalue weighted by Crippen LogP contribution is 2.19. The molecular formula is C25H31N3O2. The van der Waals surface area contributed by atoms with Crippen LogP contribution in [0.2, 0.25) is 0 Å². The predicted molar refractivity (Wildman–Crippen MR) is 121 cm³/mol. The molecule has 0 saturated heterocycles. The van der Waals surface area contributed by atoms with Gasteiger partial charge < -0.3 is 14.8 Å². The maximum Gasteiger partial charge on any atom is 0.242 e. The van der Waals surface area contributed by atoms with Crippen LogP contribution in [-0.4, -0.2) is 46.2 Å². The highest BCUT2D eigenvalue weighted by molar-refractivity contribution is 5.84. The van der Waals surface area contributed by atoms with Gasteiger partial charge >= 0.3 is 0 Å². The molecule has 1 N–H and O–H groups in total. The number of amides is 2. The first kappa shape index (κ1) is 21.6. The molecule has 0 fully saturated rings. The van der Waals surface area contributed by atoms with Gasteiger partial charge in [-0.1, -0.05) is 62.4 Å². The highest BCUT2D eigenvalue weighted by atomic mass is 16.2. The van der Waals surface area contributed by atoms with Crippen molar-refractivity contribution in [2.75, 3.05) is 19.6 Å². The van der Waals surface area contributed by atoms with Crippen molar-refractivity contribution in [3.8, 4) is 0 Å². The van der Waals surface area contributed by atoms with Crippen LogP contribution in [-0.2, 0) is 22.6 Å². The lowest BCUT2D eigenvalue weighted by molar-refractivity contribution is -0.140. The number of nitrogens with zero attached hydrogens (tertiary/aromatic N) is 2. The molecule has 3 aromatic rings. The van der Waals surface area contributed by atoms with Gasteiger partial charge in [-0.3, -0.25) is 9.59 Å². The predicted octanol–water partition coefficient (Wildman–Crippen LogP) is 4.24. The summed E-state index contributed by atoms with van der Waals surface area (Å²) in [5.41, 5.74) is 3.39. The Hall–Kier alpha value is -3.08. The number of nitrogens with one attached hydrogen (secondary N) is 1. The SMILES string of the molecule is CC(=O)N(CC(=O)N(CCc1c[nH]c2ccccc12)Cc1ccccc1)CC(C)C. The Labute approximate surface area is 178 Å². The van der Waals surface area contributed by atoms with E-state index in [1.54, 1.807) is 4.90 Å². The molecule has 5 heteroatoms. The van der Waals surface area contributed by atoms with Crippen molar-refractivity contribution in [1.29, 1.82) is 0 Å². The van der Waals surface area contributed by atoms with Gasteiger partial charge in [-0.05, 0) is 29.5 Å². The minimum absolute atomic E-state index is 0.0189. The Balaban J connectivity index is 1.75. The van der Waals surface area contributed by atoms with E-state index in [1.807, 2.05) is 53.6 Å². The number of carbonyl (C=O) groups excluding carboxylic acids is 2. The van der Waals surface area contributed by atoms with Crippen molar-refractivity contribution in [3.05, 3.63) is 71.9 Å². The van der Waals surface area contributed by atoms with Crippen molar-refractivity contribution in [2.45, 2.75) is 33.7 Å². The number of benzene rings is 2. The Morgan fingerprint density at radius 2 is 1.67 bits per heavy atom. The lowest BCUT2D eigenvalue weighted by atomic mass is 10.1. The van der Waals surface area contributed by atoms with Crippen LogP contribution < -0.4 is 0 Å². The second-order valence-electron chi connectivity index (χ2n) is 8.20. The number of aromatic amines is 1. The molecular weight excluding hydrogens is 374 g/mol. The third-order valence-corrected chi connectivity index (χ3v) is 5.25. The molecule has 1 aromatic heterocycles. The number of carbonyl (C=O) groups is 2. The van der Waals surface area contributed by atoms with Gasteiger partial charge in [0.25, 0.3) is 0 Å². The van der Waals surface area contributed by atoms with Crippen molar-refractivity contribution in [2.24, 2.45) is 5.92 Å². The van der Waals surface area contributed by atoms with Crippen LogP contribution >= 0.6 is 0 Å². The van der Waals surface area contributed by atoms with Crippen molar-refractivity contribution in [1.82, 2.24) is 14.8 Å². The maximum absolute atomic E-state index is 13.2. The number of fused-ring (bicyclic) bond motifs is 1. The molecule has 0 spiro atoms. The number of para-hydroxylation sites is 1. The second kappa shape index (κ2) is 10.1. The minimum atomic E-state index is -0.0617. The van der Waals surface area contributed by atoms with Gasteiger partial charge in [0.05, 0.1) is 6.54 Å². The first-order valence-electron chi connectivity index (χ1n) is 10.6. The third-order valence-electron chi connectivity index (χ3n) is 5.25.